The maximum atomic E-state index is 12.1. The van der Waals surface area contributed by atoms with Gasteiger partial charge in [0.2, 0.25) is 5.91 Å². The van der Waals surface area contributed by atoms with Crippen LogP contribution in [0, 0.1) is 0 Å². The molecule has 0 bridgehead atoms. The quantitative estimate of drug-likeness (QED) is 0.829. The van der Waals surface area contributed by atoms with Gasteiger partial charge in [0.25, 0.3) is 0 Å². The first kappa shape index (κ1) is 18.4. The molecule has 1 heterocycles. The molecule has 0 aromatic heterocycles. The van der Waals surface area contributed by atoms with Crippen LogP contribution in [0.2, 0.25) is 0 Å². The number of hydrogen-bond donors (Lipinski definition) is 2. The predicted molar refractivity (Wildman–Crippen MR) is 81.4 cm³/mol. The monoisotopic (exact) mass is 366 g/mol. The van der Waals surface area contributed by atoms with Gasteiger partial charge in [-0.25, -0.2) is 8.42 Å². The summed E-state index contributed by atoms with van der Waals surface area (Å²) in [5.41, 5.74) is 0.436. The van der Waals surface area contributed by atoms with Crippen molar-refractivity contribution < 1.29 is 31.1 Å². The number of anilines is 1. The van der Waals surface area contributed by atoms with E-state index < -0.39 is 28.3 Å². The molecule has 0 unspecified atom stereocenters. The lowest BCUT2D eigenvalue weighted by molar-refractivity contribution is -0.274. The number of hydrogen-bond acceptors (Lipinski definition) is 5. The predicted octanol–water partition coefficient (Wildman–Crippen LogP) is 1.69. The average molecular weight is 366 g/mol. The molecule has 2 rings (SSSR count). The molecule has 10 heteroatoms. The van der Waals surface area contributed by atoms with Crippen molar-refractivity contribution in [3.63, 3.8) is 0 Å². The highest BCUT2D eigenvalue weighted by molar-refractivity contribution is 7.91. The summed E-state index contributed by atoms with van der Waals surface area (Å²) >= 11 is 0. The molecule has 24 heavy (non-hydrogen) atoms. The SMILES string of the molecule is C[C@H](Nc1ccc(OC(F)(F)F)cc1)C(=O)N[C@H]1CCS(=O)(=O)C1. The Bertz CT molecular complexity index is 689. The van der Waals surface area contributed by atoms with Gasteiger partial charge in [0.15, 0.2) is 9.84 Å². The zero-order valence-electron chi connectivity index (χ0n) is 12.8. The molecule has 0 radical (unpaired) electrons. The van der Waals surface area contributed by atoms with E-state index in [0.717, 1.165) is 12.1 Å². The molecule has 1 fully saturated rings. The second-order valence-electron chi connectivity index (χ2n) is 5.55. The Morgan fingerprint density at radius 1 is 1.29 bits per heavy atom. The standard InChI is InChI=1S/C14H17F3N2O4S/c1-9(13(20)19-11-6-7-24(21,22)8-11)18-10-2-4-12(5-3-10)23-14(15,16)17/h2-5,9,11,18H,6-8H2,1H3,(H,19,20)/t9-,11-/m0/s1. The first-order chi connectivity index (χ1) is 11.0. The van der Waals surface area contributed by atoms with Crippen LogP contribution in [0.4, 0.5) is 18.9 Å². The molecule has 1 aliphatic rings. The molecule has 1 aromatic carbocycles. The van der Waals surface area contributed by atoms with Crippen molar-refractivity contribution in [1.29, 1.82) is 0 Å². The number of halogens is 3. The van der Waals surface area contributed by atoms with Gasteiger partial charge in [0.1, 0.15) is 11.8 Å². The molecule has 1 aromatic rings. The van der Waals surface area contributed by atoms with Crippen LogP contribution in [0.3, 0.4) is 0 Å². The summed E-state index contributed by atoms with van der Waals surface area (Å²) in [6.45, 7) is 1.57. The van der Waals surface area contributed by atoms with Crippen LogP contribution in [0.15, 0.2) is 24.3 Å². The van der Waals surface area contributed by atoms with Gasteiger partial charge >= 0.3 is 6.36 Å². The van der Waals surface area contributed by atoms with Crippen LogP contribution in [-0.2, 0) is 14.6 Å². The molecule has 1 aliphatic heterocycles. The third kappa shape index (κ3) is 5.59. The van der Waals surface area contributed by atoms with E-state index in [1.807, 2.05) is 0 Å². The molecule has 1 amide bonds. The molecular weight excluding hydrogens is 349 g/mol. The highest BCUT2D eigenvalue weighted by Crippen LogP contribution is 2.24. The van der Waals surface area contributed by atoms with Crippen molar-refractivity contribution in [1.82, 2.24) is 5.32 Å². The Hall–Kier alpha value is -1.97. The number of benzene rings is 1. The smallest absolute Gasteiger partial charge is 0.406 e. The molecule has 134 valence electrons. The summed E-state index contributed by atoms with van der Waals surface area (Å²) in [4.78, 5) is 12.0. The Morgan fingerprint density at radius 2 is 1.92 bits per heavy atom. The Morgan fingerprint density at radius 3 is 2.42 bits per heavy atom. The van der Waals surface area contributed by atoms with E-state index in [2.05, 4.69) is 15.4 Å². The van der Waals surface area contributed by atoms with Crippen LogP contribution < -0.4 is 15.4 Å². The first-order valence-electron chi connectivity index (χ1n) is 7.17. The number of sulfone groups is 1. The van der Waals surface area contributed by atoms with E-state index >= 15 is 0 Å². The number of carbonyl (C=O) groups is 1. The van der Waals surface area contributed by atoms with E-state index in [1.54, 1.807) is 6.92 Å². The van der Waals surface area contributed by atoms with Gasteiger partial charge in [-0.05, 0) is 37.6 Å². The minimum Gasteiger partial charge on any atom is -0.406 e. The van der Waals surface area contributed by atoms with E-state index in [-0.39, 0.29) is 23.2 Å². The molecule has 0 aliphatic carbocycles. The summed E-state index contributed by atoms with van der Waals surface area (Å²) in [5.74, 6) is -0.760. The third-order valence-corrected chi connectivity index (χ3v) is 5.21. The maximum absolute atomic E-state index is 12.1. The zero-order chi connectivity index (χ0) is 18.0. The molecule has 0 spiro atoms. The summed E-state index contributed by atoms with van der Waals surface area (Å²) in [6, 6.07) is 3.88. The minimum absolute atomic E-state index is 0.0560. The summed E-state index contributed by atoms with van der Waals surface area (Å²) < 4.78 is 62.7. The number of carbonyl (C=O) groups excluding carboxylic acids is 1. The zero-order valence-corrected chi connectivity index (χ0v) is 13.6. The number of rotatable bonds is 5. The highest BCUT2D eigenvalue weighted by atomic mass is 32.2. The fourth-order valence-corrected chi connectivity index (χ4v) is 3.98. The lowest BCUT2D eigenvalue weighted by Crippen LogP contribution is -2.43. The fourth-order valence-electron chi connectivity index (χ4n) is 2.30. The van der Waals surface area contributed by atoms with Crippen molar-refractivity contribution in [2.24, 2.45) is 0 Å². The van der Waals surface area contributed by atoms with Gasteiger partial charge in [-0.15, -0.1) is 13.2 Å². The number of nitrogens with one attached hydrogen (secondary N) is 2. The van der Waals surface area contributed by atoms with Crippen LogP contribution in [0.5, 0.6) is 5.75 Å². The van der Waals surface area contributed by atoms with E-state index in [9.17, 15) is 26.4 Å². The van der Waals surface area contributed by atoms with Crippen LogP contribution in [-0.4, -0.2) is 44.3 Å². The Kier molecular flexibility index (Phi) is 5.26. The third-order valence-electron chi connectivity index (χ3n) is 3.44. The normalized spacial score (nSPS) is 21.1. The van der Waals surface area contributed by atoms with Crippen LogP contribution in [0.25, 0.3) is 0 Å². The molecular formula is C14H17F3N2O4S. The Balaban J connectivity index is 1.87. The van der Waals surface area contributed by atoms with Crippen molar-refractivity contribution >= 4 is 21.4 Å². The summed E-state index contributed by atoms with van der Waals surface area (Å²) in [7, 11) is -3.09. The molecule has 2 N–H and O–H groups in total. The first-order valence-corrected chi connectivity index (χ1v) is 8.99. The van der Waals surface area contributed by atoms with Crippen molar-refractivity contribution in [3.8, 4) is 5.75 Å². The topological polar surface area (TPSA) is 84.5 Å². The van der Waals surface area contributed by atoms with E-state index in [4.69, 9.17) is 0 Å². The average Bonchev–Trinajstić information content (AvgIpc) is 2.78. The van der Waals surface area contributed by atoms with E-state index in [1.165, 1.54) is 12.1 Å². The largest absolute Gasteiger partial charge is 0.573 e. The van der Waals surface area contributed by atoms with Gasteiger partial charge in [-0.2, -0.15) is 0 Å². The van der Waals surface area contributed by atoms with Crippen molar-refractivity contribution in [3.05, 3.63) is 24.3 Å². The van der Waals surface area contributed by atoms with Gasteiger partial charge in [0.05, 0.1) is 11.5 Å². The van der Waals surface area contributed by atoms with Gasteiger partial charge in [-0.1, -0.05) is 0 Å². The van der Waals surface area contributed by atoms with E-state index in [0.29, 0.717) is 12.1 Å². The maximum Gasteiger partial charge on any atom is 0.573 e. The lowest BCUT2D eigenvalue weighted by Gasteiger charge is -2.18. The second-order valence-corrected chi connectivity index (χ2v) is 7.78. The summed E-state index contributed by atoms with van der Waals surface area (Å²) in [6.07, 6.45) is -4.38. The number of ether oxygens (including phenoxy) is 1. The minimum atomic E-state index is -4.76. The number of amides is 1. The molecule has 0 saturated carbocycles. The van der Waals surface area contributed by atoms with Crippen molar-refractivity contribution in [2.75, 3.05) is 16.8 Å². The molecule has 2 atom stereocenters. The van der Waals surface area contributed by atoms with Crippen LogP contribution >= 0.6 is 0 Å². The fraction of sp³-hybridized carbons (Fsp3) is 0.500. The molecule has 1 saturated heterocycles. The van der Waals surface area contributed by atoms with Crippen molar-refractivity contribution in [2.45, 2.75) is 31.8 Å². The van der Waals surface area contributed by atoms with Gasteiger partial charge in [-0.3, -0.25) is 4.79 Å². The van der Waals surface area contributed by atoms with Crippen LogP contribution in [0.1, 0.15) is 13.3 Å². The lowest BCUT2D eigenvalue weighted by atomic mass is 10.2. The second kappa shape index (κ2) is 6.88. The van der Waals surface area contributed by atoms with Gasteiger partial charge in [0, 0.05) is 11.7 Å². The Labute approximate surface area is 137 Å². The van der Waals surface area contributed by atoms with Gasteiger partial charge < -0.3 is 15.4 Å². The highest BCUT2D eigenvalue weighted by Gasteiger charge is 2.31. The summed E-state index contributed by atoms with van der Waals surface area (Å²) in [5, 5.41) is 5.47. The molecule has 6 nitrogen and oxygen atoms in total. The number of alkyl halides is 3.